The molecule has 1 aromatic heterocycles. The van der Waals surface area contributed by atoms with Crippen LogP contribution < -0.4 is 15.5 Å². The van der Waals surface area contributed by atoms with Gasteiger partial charge >= 0.3 is 0 Å². The van der Waals surface area contributed by atoms with Crippen molar-refractivity contribution < 1.29 is 4.79 Å². The third-order valence-electron chi connectivity index (χ3n) is 8.85. The lowest BCUT2D eigenvalue weighted by molar-refractivity contribution is -0.123. The topological polar surface area (TPSA) is 74.8 Å². The predicted octanol–water partition coefficient (Wildman–Crippen LogP) is 6.57. The van der Waals surface area contributed by atoms with Crippen LogP contribution in [0.2, 0.25) is 0 Å². The van der Waals surface area contributed by atoms with Crippen molar-refractivity contribution in [1.29, 1.82) is 0 Å². The van der Waals surface area contributed by atoms with E-state index in [1.54, 1.807) is 6.20 Å². The highest BCUT2D eigenvalue weighted by Gasteiger charge is 2.31. The van der Waals surface area contributed by atoms with E-state index in [0.29, 0.717) is 23.8 Å². The number of allylic oxidation sites excluding steroid dienone is 1. The molecule has 2 aromatic rings. The van der Waals surface area contributed by atoms with Crippen LogP contribution in [0.1, 0.15) is 87.7 Å². The molecule has 6 nitrogen and oxygen atoms in total. The second kappa shape index (κ2) is 12.8. The SMILES string of the molecule is CN(C)c1ccc(C2CCC(CN(C(=O)C3CCCCC3)c3cccc(C(C=NC4CC4)=CN)c3)CC2)cn1. The maximum atomic E-state index is 14.0. The second-order valence-electron chi connectivity index (χ2n) is 12.0. The average Bonchev–Trinajstić information content (AvgIpc) is 3.81. The molecule has 5 rings (SSSR count). The smallest absolute Gasteiger partial charge is 0.230 e. The van der Waals surface area contributed by atoms with Crippen LogP contribution in [-0.4, -0.2) is 43.8 Å². The van der Waals surface area contributed by atoms with E-state index in [1.165, 1.54) is 12.0 Å². The lowest BCUT2D eigenvalue weighted by Crippen LogP contribution is -2.41. The molecule has 1 heterocycles. The molecule has 0 aliphatic heterocycles. The molecule has 3 aliphatic rings. The molecule has 0 spiro atoms. The summed E-state index contributed by atoms with van der Waals surface area (Å²) >= 11 is 0. The number of aromatic nitrogens is 1. The zero-order valence-electron chi connectivity index (χ0n) is 23.8. The fraction of sp³-hybridized carbons (Fsp3) is 0.545. The zero-order chi connectivity index (χ0) is 27.2. The van der Waals surface area contributed by atoms with E-state index >= 15 is 0 Å². The van der Waals surface area contributed by atoms with Gasteiger partial charge in [-0.15, -0.1) is 0 Å². The van der Waals surface area contributed by atoms with E-state index in [1.807, 2.05) is 25.2 Å². The summed E-state index contributed by atoms with van der Waals surface area (Å²) in [4.78, 5) is 27.4. The van der Waals surface area contributed by atoms with Crippen LogP contribution in [0.25, 0.3) is 5.57 Å². The summed E-state index contributed by atoms with van der Waals surface area (Å²) in [5.41, 5.74) is 10.3. The number of rotatable bonds is 9. The van der Waals surface area contributed by atoms with Gasteiger partial charge in [-0.05, 0) is 92.5 Å². The fourth-order valence-electron chi connectivity index (χ4n) is 6.21. The predicted molar refractivity (Wildman–Crippen MR) is 162 cm³/mol. The van der Waals surface area contributed by atoms with Crippen LogP contribution in [0.5, 0.6) is 0 Å². The van der Waals surface area contributed by atoms with Crippen molar-refractivity contribution in [2.24, 2.45) is 22.6 Å². The third-order valence-corrected chi connectivity index (χ3v) is 8.85. The summed E-state index contributed by atoms with van der Waals surface area (Å²) in [6, 6.07) is 13.2. The minimum atomic E-state index is 0.140. The summed E-state index contributed by atoms with van der Waals surface area (Å²) in [6.07, 6.45) is 18.1. The first-order valence-electron chi connectivity index (χ1n) is 15.0. The number of hydrogen-bond donors (Lipinski definition) is 1. The van der Waals surface area contributed by atoms with Gasteiger partial charge in [0, 0.05) is 56.4 Å². The lowest BCUT2D eigenvalue weighted by atomic mass is 9.78. The van der Waals surface area contributed by atoms with Crippen LogP contribution in [0.3, 0.4) is 0 Å². The maximum absolute atomic E-state index is 14.0. The van der Waals surface area contributed by atoms with Crippen molar-refractivity contribution in [2.75, 3.05) is 30.4 Å². The van der Waals surface area contributed by atoms with Crippen LogP contribution in [0.4, 0.5) is 11.5 Å². The van der Waals surface area contributed by atoms with Gasteiger partial charge in [-0.2, -0.15) is 0 Å². The second-order valence-corrected chi connectivity index (χ2v) is 12.0. The van der Waals surface area contributed by atoms with E-state index in [0.717, 1.165) is 93.4 Å². The van der Waals surface area contributed by atoms with Gasteiger partial charge in [-0.1, -0.05) is 37.5 Å². The highest BCUT2D eigenvalue weighted by molar-refractivity contribution is 6.10. The first-order valence-corrected chi connectivity index (χ1v) is 15.0. The summed E-state index contributed by atoms with van der Waals surface area (Å²) in [5.74, 6) is 2.51. The average molecular weight is 528 g/mol. The molecule has 0 bridgehead atoms. The molecule has 1 aromatic carbocycles. The van der Waals surface area contributed by atoms with Crippen molar-refractivity contribution in [2.45, 2.75) is 82.6 Å². The van der Waals surface area contributed by atoms with Gasteiger partial charge in [-0.3, -0.25) is 9.79 Å². The number of nitrogens with two attached hydrogens (primary N) is 1. The van der Waals surface area contributed by atoms with E-state index in [2.05, 4.69) is 57.5 Å². The van der Waals surface area contributed by atoms with Gasteiger partial charge < -0.3 is 15.5 Å². The van der Waals surface area contributed by atoms with Gasteiger partial charge in [0.2, 0.25) is 5.91 Å². The van der Waals surface area contributed by atoms with Crippen molar-refractivity contribution >= 4 is 29.2 Å². The van der Waals surface area contributed by atoms with Crippen molar-refractivity contribution in [3.8, 4) is 0 Å². The number of aliphatic imine (C=N–C) groups is 1. The number of amides is 1. The highest BCUT2D eigenvalue weighted by atomic mass is 16.2. The molecule has 0 atom stereocenters. The molecule has 208 valence electrons. The molecule has 3 fully saturated rings. The Kier molecular flexibility index (Phi) is 9.00. The van der Waals surface area contributed by atoms with Gasteiger partial charge in [0.05, 0.1) is 6.04 Å². The van der Waals surface area contributed by atoms with Gasteiger partial charge in [0.25, 0.3) is 0 Å². The minimum Gasteiger partial charge on any atom is -0.404 e. The molecule has 0 saturated heterocycles. The number of benzene rings is 1. The lowest BCUT2D eigenvalue weighted by Gasteiger charge is -2.35. The van der Waals surface area contributed by atoms with E-state index < -0.39 is 0 Å². The zero-order valence-corrected chi connectivity index (χ0v) is 23.8. The third kappa shape index (κ3) is 7.09. The Labute approximate surface area is 234 Å². The monoisotopic (exact) mass is 527 g/mol. The Balaban J connectivity index is 1.30. The number of nitrogens with zero attached hydrogens (tertiary/aromatic N) is 4. The van der Waals surface area contributed by atoms with Crippen LogP contribution in [0, 0.1) is 11.8 Å². The molecule has 39 heavy (non-hydrogen) atoms. The summed E-state index contributed by atoms with van der Waals surface area (Å²) < 4.78 is 0. The molecular weight excluding hydrogens is 482 g/mol. The van der Waals surface area contributed by atoms with Crippen molar-refractivity contribution in [3.05, 3.63) is 59.9 Å². The number of hydrogen-bond acceptors (Lipinski definition) is 5. The van der Waals surface area contributed by atoms with E-state index in [-0.39, 0.29) is 5.92 Å². The first kappa shape index (κ1) is 27.4. The molecule has 3 aliphatic carbocycles. The fourth-order valence-corrected chi connectivity index (χ4v) is 6.21. The van der Waals surface area contributed by atoms with E-state index in [4.69, 9.17) is 5.73 Å². The standard InChI is InChI=1S/C33H45N5O/c1-37(2)32-18-15-28(21-36-32)25-13-11-24(12-14-25)23-38(33(39)26-7-4-3-5-8-26)31-10-6-9-27(19-31)29(20-34)22-35-30-16-17-30/h6,9-10,15,18-22,24-26,30H,3-5,7-8,11-14,16-17,23,34H2,1-2H3. The normalized spacial score (nSPS) is 22.7. The molecule has 6 heteroatoms. The van der Waals surface area contributed by atoms with Crippen molar-refractivity contribution in [1.82, 2.24) is 4.98 Å². The molecule has 3 saturated carbocycles. The molecule has 0 unspecified atom stereocenters. The first-order chi connectivity index (χ1) is 19.0. The maximum Gasteiger partial charge on any atom is 0.230 e. The van der Waals surface area contributed by atoms with Gasteiger partial charge in [-0.25, -0.2) is 4.98 Å². The number of anilines is 2. The molecule has 0 radical (unpaired) electrons. The summed E-state index contributed by atoms with van der Waals surface area (Å²) in [6.45, 7) is 0.793. The van der Waals surface area contributed by atoms with Gasteiger partial charge in [0.15, 0.2) is 0 Å². The Morgan fingerprint density at radius 2 is 1.77 bits per heavy atom. The number of carbonyl (C=O) groups excluding carboxylic acids is 1. The summed E-state index contributed by atoms with van der Waals surface area (Å²) in [7, 11) is 4.05. The number of pyridine rings is 1. The summed E-state index contributed by atoms with van der Waals surface area (Å²) in [5, 5.41) is 0. The van der Waals surface area contributed by atoms with Crippen LogP contribution >= 0.6 is 0 Å². The van der Waals surface area contributed by atoms with Gasteiger partial charge in [0.1, 0.15) is 5.82 Å². The van der Waals surface area contributed by atoms with Crippen LogP contribution in [0.15, 0.2) is 53.8 Å². The molecule has 2 N–H and O–H groups in total. The molecule has 1 amide bonds. The largest absolute Gasteiger partial charge is 0.404 e. The highest BCUT2D eigenvalue weighted by Crippen LogP contribution is 2.38. The minimum absolute atomic E-state index is 0.140. The van der Waals surface area contributed by atoms with Crippen LogP contribution in [-0.2, 0) is 4.79 Å². The Morgan fingerprint density at radius 3 is 2.41 bits per heavy atom. The quantitative estimate of drug-likeness (QED) is 0.374. The Morgan fingerprint density at radius 1 is 1.00 bits per heavy atom. The van der Waals surface area contributed by atoms with E-state index in [9.17, 15) is 4.79 Å². The Hall–Kier alpha value is -3.15. The van der Waals surface area contributed by atoms with Crippen molar-refractivity contribution in [3.63, 3.8) is 0 Å². The Bertz CT molecular complexity index is 1150. The molecular formula is C33H45N5O. The number of carbonyl (C=O) groups is 1.